The van der Waals surface area contributed by atoms with Crippen LogP contribution in [0.2, 0.25) is 0 Å². The van der Waals surface area contributed by atoms with Crippen LogP contribution in [-0.4, -0.2) is 42.0 Å². The maximum absolute atomic E-state index is 9.37. The van der Waals surface area contributed by atoms with Crippen LogP contribution in [0.1, 0.15) is 12.0 Å². The molecule has 3 heterocycles. The molecule has 5 nitrogen and oxygen atoms in total. The van der Waals surface area contributed by atoms with E-state index in [1.54, 1.807) is 25.1 Å². The lowest BCUT2D eigenvalue weighted by atomic mass is 10.1. The van der Waals surface area contributed by atoms with Gasteiger partial charge in [0.15, 0.2) is 5.17 Å². The number of ether oxygens (including phenoxy) is 1. The zero-order valence-corrected chi connectivity index (χ0v) is 13.0. The number of furan rings is 1. The van der Waals surface area contributed by atoms with Gasteiger partial charge in [-0.05, 0) is 18.2 Å². The largest absolute Gasteiger partial charge is 0.497 e. The van der Waals surface area contributed by atoms with Crippen molar-refractivity contribution in [1.29, 1.82) is 0 Å². The summed E-state index contributed by atoms with van der Waals surface area (Å²) in [6.07, 6.45) is 2.32. The standard InChI is InChI=1S/C16H16N2O3S/c1-20-11-8-10-3-7-21-15(10)12(9-11)14-13(2-6-19)22-16-17-4-5-18(14)16/h3,7-9,19H,2,4-6H2,1H3. The summed E-state index contributed by atoms with van der Waals surface area (Å²) < 4.78 is 11.1. The van der Waals surface area contributed by atoms with Gasteiger partial charge in [-0.3, -0.25) is 4.99 Å². The Hall–Kier alpha value is -1.92. The van der Waals surface area contributed by atoms with Crippen molar-refractivity contribution in [2.24, 2.45) is 4.99 Å². The molecule has 1 N–H and O–H groups in total. The number of benzene rings is 1. The number of methoxy groups -OCH3 is 1. The molecule has 114 valence electrons. The van der Waals surface area contributed by atoms with E-state index >= 15 is 0 Å². The molecule has 0 saturated heterocycles. The van der Waals surface area contributed by atoms with Crippen molar-refractivity contribution in [3.05, 3.63) is 34.9 Å². The van der Waals surface area contributed by atoms with Gasteiger partial charge in [-0.15, -0.1) is 0 Å². The van der Waals surface area contributed by atoms with Gasteiger partial charge >= 0.3 is 0 Å². The SMILES string of the molecule is COc1cc(C2=C(CCO)SC3=NCCN32)c2occc2c1. The average Bonchev–Trinajstić information content (AvgIpc) is 3.21. The summed E-state index contributed by atoms with van der Waals surface area (Å²) in [5, 5.41) is 11.4. The van der Waals surface area contributed by atoms with Crippen molar-refractivity contribution in [2.75, 3.05) is 26.8 Å². The van der Waals surface area contributed by atoms with Crippen LogP contribution in [0, 0.1) is 0 Å². The molecule has 0 saturated carbocycles. The van der Waals surface area contributed by atoms with Crippen LogP contribution in [0.4, 0.5) is 0 Å². The third-order valence-electron chi connectivity index (χ3n) is 3.90. The predicted molar refractivity (Wildman–Crippen MR) is 88.0 cm³/mol. The molecule has 1 aromatic carbocycles. The number of hydrogen-bond acceptors (Lipinski definition) is 6. The van der Waals surface area contributed by atoms with Gasteiger partial charge in [-0.25, -0.2) is 0 Å². The molecule has 0 fully saturated rings. The molecule has 0 radical (unpaired) electrons. The molecule has 1 aromatic heterocycles. The fraction of sp³-hybridized carbons (Fsp3) is 0.312. The molecule has 2 aliphatic heterocycles. The van der Waals surface area contributed by atoms with Gasteiger partial charge in [0, 0.05) is 35.4 Å². The second-order valence-electron chi connectivity index (χ2n) is 5.18. The van der Waals surface area contributed by atoms with Crippen LogP contribution in [-0.2, 0) is 0 Å². The zero-order valence-electron chi connectivity index (χ0n) is 12.2. The van der Waals surface area contributed by atoms with E-state index in [0.29, 0.717) is 6.42 Å². The van der Waals surface area contributed by atoms with Gasteiger partial charge in [0.1, 0.15) is 11.3 Å². The van der Waals surface area contributed by atoms with Crippen LogP contribution >= 0.6 is 11.8 Å². The Labute approximate surface area is 132 Å². The molecule has 4 rings (SSSR count). The lowest BCUT2D eigenvalue weighted by Crippen LogP contribution is -2.20. The molecule has 2 aliphatic rings. The number of aliphatic hydroxyl groups excluding tert-OH is 1. The molecule has 22 heavy (non-hydrogen) atoms. The summed E-state index contributed by atoms with van der Waals surface area (Å²) in [5.74, 6) is 0.800. The minimum absolute atomic E-state index is 0.123. The first-order chi connectivity index (χ1) is 10.8. The molecule has 2 aromatic rings. The fourth-order valence-electron chi connectivity index (χ4n) is 2.95. The van der Waals surface area contributed by atoms with E-state index in [0.717, 1.165) is 51.1 Å². The van der Waals surface area contributed by atoms with Gasteiger partial charge in [-0.1, -0.05) is 11.8 Å². The topological polar surface area (TPSA) is 58.2 Å². The smallest absolute Gasteiger partial charge is 0.168 e. The van der Waals surface area contributed by atoms with Crippen molar-refractivity contribution in [2.45, 2.75) is 6.42 Å². The van der Waals surface area contributed by atoms with Crippen molar-refractivity contribution >= 4 is 33.6 Å². The third-order valence-corrected chi connectivity index (χ3v) is 5.08. The van der Waals surface area contributed by atoms with Gasteiger partial charge in [0.05, 0.1) is 25.6 Å². The Balaban J connectivity index is 1.93. The molecular formula is C16H16N2O3S. The number of amidine groups is 1. The highest BCUT2D eigenvalue weighted by Crippen LogP contribution is 2.45. The van der Waals surface area contributed by atoms with Crippen molar-refractivity contribution in [3.8, 4) is 5.75 Å². The number of aliphatic imine (C=N–C) groups is 1. The first kappa shape index (κ1) is 13.7. The van der Waals surface area contributed by atoms with Crippen LogP contribution in [0.3, 0.4) is 0 Å². The molecule has 0 spiro atoms. The number of hydrogen-bond donors (Lipinski definition) is 1. The van der Waals surface area contributed by atoms with Crippen LogP contribution in [0.15, 0.2) is 38.8 Å². The number of fused-ring (bicyclic) bond motifs is 2. The normalized spacial score (nSPS) is 17.4. The van der Waals surface area contributed by atoms with E-state index in [4.69, 9.17) is 9.15 Å². The van der Waals surface area contributed by atoms with Crippen molar-refractivity contribution in [1.82, 2.24) is 4.90 Å². The van der Waals surface area contributed by atoms with E-state index in [2.05, 4.69) is 9.89 Å². The van der Waals surface area contributed by atoms with Gasteiger partial charge < -0.3 is 19.2 Å². The monoisotopic (exact) mass is 316 g/mol. The minimum atomic E-state index is 0.123. The van der Waals surface area contributed by atoms with Gasteiger partial charge in [0.2, 0.25) is 0 Å². The van der Waals surface area contributed by atoms with Crippen LogP contribution in [0.25, 0.3) is 16.7 Å². The highest BCUT2D eigenvalue weighted by Gasteiger charge is 2.34. The molecule has 0 unspecified atom stereocenters. The van der Waals surface area contributed by atoms with Gasteiger partial charge in [-0.2, -0.15) is 0 Å². The van der Waals surface area contributed by atoms with E-state index in [1.807, 2.05) is 18.2 Å². The summed E-state index contributed by atoms with van der Waals surface area (Å²) >= 11 is 1.65. The Morgan fingerprint density at radius 2 is 2.36 bits per heavy atom. The number of nitrogens with zero attached hydrogens (tertiary/aromatic N) is 2. The van der Waals surface area contributed by atoms with E-state index in [1.165, 1.54) is 0 Å². The Morgan fingerprint density at radius 1 is 1.45 bits per heavy atom. The second-order valence-corrected chi connectivity index (χ2v) is 6.24. The maximum atomic E-state index is 9.37. The maximum Gasteiger partial charge on any atom is 0.168 e. The molecular weight excluding hydrogens is 300 g/mol. The predicted octanol–water partition coefficient (Wildman–Crippen LogP) is 2.91. The van der Waals surface area contributed by atoms with Crippen LogP contribution < -0.4 is 4.74 Å². The molecule has 0 aliphatic carbocycles. The fourth-order valence-corrected chi connectivity index (χ4v) is 4.12. The average molecular weight is 316 g/mol. The highest BCUT2D eigenvalue weighted by atomic mass is 32.2. The number of thioether (sulfide) groups is 1. The Morgan fingerprint density at radius 3 is 3.18 bits per heavy atom. The second kappa shape index (κ2) is 5.37. The van der Waals surface area contributed by atoms with E-state index in [-0.39, 0.29) is 6.61 Å². The lowest BCUT2D eigenvalue weighted by Gasteiger charge is -2.18. The quantitative estimate of drug-likeness (QED) is 0.940. The van der Waals surface area contributed by atoms with E-state index < -0.39 is 0 Å². The molecule has 0 atom stereocenters. The summed E-state index contributed by atoms with van der Waals surface area (Å²) in [7, 11) is 1.67. The van der Waals surface area contributed by atoms with Crippen molar-refractivity contribution in [3.63, 3.8) is 0 Å². The molecule has 6 heteroatoms. The summed E-state index contributed by atoms with van der Waals surface area (Å²) in [5.41, 5.74) is 2.94. The molecule has 0 bridgehead atoms. The van der Waals surface area contributed by atoms with Gasteiger partial charge in [0.25, 0.3) is 0 Å². The summed E-state index contributed by atoms with van der Waals surface area (Å²) in [6, 6.07) is 5.91. The minimum Gasteiger partial charge on any atom is -0.497 e. The Bertz CT molecular complexity index is 794. The summed E-state index contributed by atoms with van der Waals surface area (Å²) in [6.45, 7) is 1.80. The van der Waals surface area contributed by atoms with Crippen molar-refractivity contribution < 1.29 is 14.3 Å². The Kier molecular flexibility index (Phi) is 3.35. The first-order valence-electron chi connectivity index (χ1n) is 7.21. The summed E-state index contributed by atoms with van der Waals surface area (Å²) in [4.78, 5) is 7.88. The number of rotatable bonds is 4. The first-order valence-corrected chi connectivity index (χ1v) is 8.03. The third kappa shape index (κ3) is 2.02. The zero-order chi connectivity index (χ0) is 15.1. The van der Waals surface area contributed by atoms with E-state index in [9.17, 15) is 5.11 Å². The molecule has 0 amide bonds. The highest BCUT2D eigenvalue weighted by molar-refractivity contribution is 8.17. The van der Waals surface area contributed by atoms with Crippen LogP contribution in [0.5, 0.6) is 5.75 Å². The number of aliphatic hydroxyl groups is 1. The lowest BCUT2D eigenvalue weighted by molar-refractivity contribution is 0.301.